The summed E-state index contributed by atoms with van der Waals surface area (Å²) in [5, 5.41) is 8.62. The van der Waals surface area contributed by atoms with E-state index in [1.165, 1.54) is 18.3 Å². The number of pyridine rings is 1. The van der Waals surface area contributed by atoms with Crippen molar-refractivity contribution in [2.24, 2.45) is 5.92 Å². The molecule has 2 heterocycles. The summed E-state index contributed by atoms with van der Waals surface area (Å²) in [5.41, 5.74) is 0.191. The smallest absolute Gasteiger partial charge is 0.242 e. The monoisotopic (exact) mass is 281 g/mol. The van der Waals surface area contributed by atoms with Gasteiger partial charge in [0.05, 0.1) is 6.10 Å². The van der Waals surface area contributed by atoms with Crippen molar-refractivity contribution < 1.29 is 13.2 Å². The van der Waals surface area contributed by atoms with E-state index >= 15 is 0 Å². The molecule has 1 aliphatic rings. The van der Waals surface area contributed by atoms with Crippen LogP contribution in [0.2, 0.25) is 0 Å². The fraction of sp³-hybridized carbons (Fsp3) is 0.500. The largest absolute Gasteiger partial charge is 0.378 e. The minimum Gasteiger partial charge on any atom is -0.378 e. The molecule has 19 heavy (non-hydrogen) atoms. The number of hydrogen-bond donors (Lipinski definition) is 1. The normalized spacial score (nSPS) is 23.2. The average molecular weight is 281 g/mol. The number of nitrogens with zero attached hydrogens (tertiary/aromatic N) is 2. The van der Waals surface area contributed by atoms with Crippen molar-refractivity contribution in [1.29, 1.82) is 5.26 Å². The standard InChI is InChI=1S/C12H15N3O3S/c1-9-10(4-5-18-9)7-15-19(16,17)12-3-2-11(6-13)14-8-12/h2-3,8-10,15H,4-5,7H2,1H3. The number of aromatic nitrogens is 1. The Bertz CT molecular complexity index is 577. The molecule has 6 nitrogen and oxygen atoms in total. The molecule has 2 rings (SSSR count). The number of hydrogen-bond acceptors (Lipinski definition) is 5. The third-order valence-corrected chi connectivity index (χ3v) is 4.64. The molecule has 1 fully saturated rings. The molecule has 1 N–H and O–H groups in total. The molecule has 1 saturated heterocycles. The van der Waals surface area contributed by atoms with Crippen LogP contribution in [0.25, 0.3) is 0 Å². The second-order valence-electron chi connectivity index (χ2n) is 4.47. The zero-order valence-corrected chi connectivity index (χ0v) is 11.4. The average Bonchev–Trinajstić information content (AvgIpc) is 2.82. The SMILES string of the molecule is CC1OCCC1CNS(=O)(=O)c1ccc(C#N)nc1. The van der Waals surface area contributed by atoms with Crippen LogP contribution in [0.1, 0.15) is 19.0 Å². The van der Waals surface area contributed by atoms with Crippen LogP contribution in [-0.2, 0) is 14.8 Å². The Morgan fingerprint density at radius 1 is 1.58 bits per heavy atom. The molecular weight excluding hydrogens is 266 g/mol. The maximum Gasteiger partial charge on any atom is 0.242 e. The summed E-state index contributed by atoms with van der Waals surface area (Å²) in [7, 11) is -3.57. The highest BCUT2D eigenvalue weighted by molar-refractivity contribution is 7.89. The molecule has 1 aromatic heterocycles. The van der Waals surface area contributed by atoms with E-state index in [4.69, 9.17) is 10.00 Å². The molecule has 0 aliphatic carbocycles. The molecule has 0 bridgehead atoms. The minimum atomic E-state index is -3.57. The van der Waals surface area contributed by atoms with Gasteiger partial charge in [-0.25, -0.2) is 18.1 Å². The summed E-state index contributed by atoms with van der Waals surface area (Å²) in [5.74, 6) is 0.195. The van der Waals surface area contributed by atoms with Crippen molar-refractivity contribution in [3.63, 3.8) is 0 Å². The van der Waals surface area contributed by atoms with E-state index in [9.17, 15) is 8.42 Å². The van der Waals surface area contributed by atoms with Crippen molar-refractivity contribution in [2.45, 2.75) is 24.3 Å². The van der Waals surface area contributed by atoms with Crippen LogP contribution in [0.5, 0.6) is 0 Å². The lowest BCUT2D eigenvalue weighted by Gasteiger charge is -2.14. The zero-order chi connectivity index (χ0) is 13.9. The van der Waals surface area contributed by atoms with E-state index in [1.807, 2.05) is 13.0 Å². The predicted molar refractivity (Wildman–Crippen MR) is 67.7 cm³/mol. The number of ether oxygens (including phenoxy) is 1. The molecule has 0 spiro atoms. The van der Waals surface area contributed by atoms with Crippen LogP contribution in [0.3, 0.4) is 0 Å². The van der Waals surface area contributed by atoms with E-state index in [-0.39, 0.29) is 22.6 Å². The van der Waals surface area contributed by atoms with E-state index < -0.39 is 10.0 Å². The predicted octanol–water partition coefficient (Wildman–Crippen LogP) is 0.657. The lowest BCUT2D eigenvalue weighted by molar-refractivity contribution is 0.107. The quantitative estimate of drug-likeness (QED) is 0.875. The Kier molecular flexibility index (Phi) is 4.14. The Hall–Kier alpha value is -1.49. The van der Waals surface area contributed by atoms with E-state index in [2.05, 4.69) is 9.71 Å². The van der Waals surface area contributed by atoms with Crippen LogP contribution in [-0.4, -0.2) is 32.7 Å². The van der Waals surface area contributed by atoms with Gasteiger partial charge < -0.3 is 4.74 Å². The lowest BCUT2D eigenvalue weighted by Crippen LogP contribution is -2.32. The van der Waals surface area contributed by atoms with Crippen LogP contribution in [0.4, 0.5) is 0 Å². The number of nitrogens with one attached hydrogen (secondary N) is 1. The second kappa shape index (κ2) is 5.65. The van der Waals surface area contributed by atoms with E-state index in [1.54, 1.807) is 0 Å². The minimum absolute atomic E-state index is 0.0677. The summed E-state index contributed by atoms with van der Waals surface area (Å²) in [4.78, 5) is 3.82. The lowest BCUT2D eigenvalue weighted by atomic mass is 10.0. The van der Waals surface area contributed by atoms with Gasteiger partial charge in [-0.3, -0.25) is 0 Å². The molecule has 102 valence electrons. The van der Waals surface area contributed by atoms with Gasteiger partial charge in [0.1, 0.15) is 16.7 Å². The topological polar surface area (TPSA) is 92.1 Å². The van der Waals surface area contributed by atoms with Crippen molar-refractivity contribution in [3.8, 4) is 6.07 Å². The molecule has 2 unspecified atom stereocenters. The summed E-state index contributed by atoms with van der Waals surface area (Å²) in [6.07, 6.45) is 2.12. The van der Waals surface area contributed by atoms with Gasteiger partial charge in [-0.1, -0.05) is 0 Å². The molecule has 0 saturated carbocycles. The first-order valence-corrected chi connectivity index (χ1v) is 7.48. The first-order valence-electron chi connectivity index (χ1n) is 6.00. The highest BCUT2D eigenvalue weighted by Crippen LogP contribution is 2.20. The van der Waals surface area contributed by atoms with Gasteiger partial charge in [0.25, 0.3) is 0 Å². The van der Waals surface area contributed by atoms with Crippen LogP contribution in [0, 0.1) is 17.2 Å². The maximum atomic E-state index is 12.0. The molecular formula is C12H15N3O3S. The highest BCUT2D eigenvalue weighted by Gasteiger charge is 2.26. The molecule has 1 aromatic rings. The molecule has 0 amide bonds. The Labute approximate surface area is 112 Å². The molecule has 0 aromatic carbocycles. The van der Waals surface area contributed by atoms with Gasteiger partial charge in [0.15, 0.2) is 0 Å². The fourth-order valence-corrected chi connectivity index (χ4v) is 2.99. The molecule has 7 heteroatoms. The number of sulfonamides is 1. The van der Waals surface area contributed by atoms with Crippen molar-refractivity contribution in [2.75, 3.05) is 13.2 Å². The highest BCUT2D eigenvalue weighted by atomic mass is 32.2. The summed E-state index contributed by atoms with van der Waals surface area (Å²) < 4.78 is 32.0. The molecule has 1 aliphatic heterocycles. The van der Waals surface area contributed by atoms with E-state index in [0.29, 0.717) is 13.2 Å². The maximum absolute atomic E-state index is 12.0. The zero-order valence-electron chi connectivity index (χ0n) is 10.5. The van der Waals surface area contributed by atoms with Crippen LogP contribution in [0.15, 0.2) is 23.2 Å². The van der Waals surface area contributed by atoms with Gasteiger partial charge >= 0.3 is 0 Å². The Morgan fingerprint density at radius 3 is 2.89 bits per heavy atom. The first-order chi connectivity index (χ1) is 9.03. The van der Waals surface area contributed by atoms with Crippen LogP contribution >= 0.6 is 0 Å². The third-order valence-electron chi connectivity index (χ3n) is 3.23. The second-order valence-corrected chi connectivity index (χ2v) is 6.23. The Morgan fingerprint density at radius 2 is 2.37 bits per heavy atom. The van der Waals surface area contributed by atoms with Crippen molar-refractivity contribution in [1.82, 2.24) is 9.71 Å². The fourth-order valence-electron chi connectivity index (χ4n) is 1.95. The van der Waals surface area contributed by atoms with Gasteiger partial charge in [-0.15, -0.1) is 0 Å². The van der Waals surface area contributed by atoms with Crippen molar-refractivity contribution >= 4 is 10.0 Å². The summed E-state index contributed by atoms with van der Waals surface area (Å²) >= 11 is 0. The summed E-state index contributed by atoms with van der Waals surface area (Å²) in [6, 6.07) is 4.61. The third kappa shape index (κ3) is 3.29. The summed E-state index contributed by atoms with van der Waals surface area (Å²) in [6.45, 7) is 2.96. The Balaban J connectivity index is 2.03. The molecule has 0 radical (unpaired) electrons. The van der Waals surface area contributed by atoms with Gasteiger partial charge in [-0.05, 0) is 25.5 Å². The van der Waals surface area contributed by atoms with Crippen molar-refractivity contribution in [3.05, 3.63) is 24.0 Å². The number of nitriles is 1. The molecule has 2 atom stereocenters. The van der Waals surface area contributed by atoms with Gasteiger partial charge in [0, 0.05) is 25.3 Å². The van der Waals surface area contributed by atoms with E-state index in [0.717, 1.165) is 6.42 Å². The number of rotatable bonds is 4. The van der Waals surface area contributed by atoms with Crippen LogP contribution < -0.4 is 4.72 Å². The van der Waals surface area contributed by atoms with Gasteiger partial charge in [0.2, 0.25) is 10.0 Å². The first kappa shape index (κ1) is 13.9. The van der Waals surface area contributed by atoms with Gasteiger partial charge in [-0.2, -0.15) is 5.26 Å².